The first-order chi connectivity index (χ1) is 18.2. The van der Waals surface area contributed by atoms with Gasteiger partial charge in [-0.05, 0) is 45.6 Å². The molecule has 4 N–H and O–H groups in total. The van der Waals surface area contributed by atoms with E-state index in [1.165, 1.54) is 21.6 Å². The molecule has 2 aliphatic rings. The average Bonchev–Trinajstić information content (AvgIpc) is 2.81. The van der Waals surface area contributed by atoms with E-state index in [4.69, 9.17) is 9.47 Å². The maximum atomic E-state index is 13.4. The molecule has 2 bridgehead atoms. The van der Waals surface area contributed by atoms with Crippen LogP contribution in [0.5, 0.6) is 0 Å². The highest BCUT2D eigenvalue weighted by Gasteiger charge is 2.34. The van der Waals surface area contributed by atoms with Crippen molar-refractivity contribution in [3.63, 3.8) is 0 Å². The van der Waals surface area contributed by atoms with Gasteiger partial charge in [0.1, 0.15) is 23.8 Å². The molecule has 0 aromatic heterocycles. The van der Waals surface area contributed by atoms with Crippen molar-refractivity contribution in [2.75, 3.05) is 11.5 Å². The lowest BCUT2D eigenvalue weighted by atomic mass is 9.96. The third-order valence-electron chi connectivity index (χ3n) is 5.87. The van der Waals surface area contributed by atoms with Crippen LogP contribution in [-0.2, 0) is 33.4 Å². The standard InChI is InChI=1S/C26H41N3O8S2/c1-15(2)23-19(30)13-22(33)36-16-8-6-7-11-38-39-14-18(25(35)29-23)28-24(34)17(27-20(31)12-16)9-10-21(32)37-26(3,4)5/h6,8,15-19,23,30H,7,9-14H2,1-5H3,(H,27,31)(H,28,34)(H,29,35)/b8-6-/t16-,17-,18-,19+,23-/m1/s1. The first-order valence-electron chi connectivity index (χ1n) is 13.2. The van der Waals surface area contributed by atoms with Crippen LogP contribution >= 0.6 is 21.6 Å². The topological polar surface area (TPSA) is 160 Å². The molecule has 1 saturated heterocycles. The molecular formula is C26H41N3O8S2. The largest absolute Gasteiger partial charge is 0.460 e. The van der Waals surface area contributed by atoms with Gasteiger partial charge in [-0.3, -0.25) is 24.0 Å². The van der Waals surface area contributed by atoms with Gasteiger partial charge in [-0.25, -0.2) is 0 Å². The van der Waals surface area contributed by atoms with Gasteiger partial charge in [-0.1, -0.05) is 41.5 Å². The molecule has 5 atom stereocenters. The van der Waals surface area contributed by atoms with Crippen LogP contribution in [0.25, 0.3) is 0 Å². The number of hydrogen-bond acceptors (Lipinski definition) is 10. The fourth-order valence-corrected chi connectivity index (χ4v) is 6.15. The number of ether oxygens (including phenoxy) is 2. The van der Waals surface area contributed by atoms with Crippen LogP contribution in [0.4, 0.5) is 0 Å². The molecule has 0 radical (unpaired) electrons. The van der Waals surface area contributed by atoms with Crippen LogP contribution in [0.3, 0.4) is 0 Å². The molecule has 0 spiro atoms. The molecule has 39 heavy (non-hydrogen) atoms. The summed E-state index contributed by atoms with van der Waals surface area (Å²) >= 11 is 0. The van der Waals surface area contributed by atoms with E-state index in [9.17, 15) is 29.1 Å². The van der Waals surface area contributed by atoms with Crippen LogP contribution in [0, 0.1) is 5.92 Å². The Bertz CT molecular complexity index is 921. The smallest absolute Gasteiger partial charge is 0.309 e. The fourth-order valence-electron chi connectivity index (χ4n) is 3.99. The molecule has 0 aromatic carbocycles. The van der Waals surface area contributed by atoms with E-state index in [-0.39, 0.29) is 37.4 Å². The van der Waals surface area contributed by atoms with Gasteiger partial charge in [0.2, 0.25) is 17.7 Å². The van der Waals surface area contributed by atoms with Crippen molar-refractivity contribution in [3.05, 3.63) is 12.2 Å². The summed E-state index contributed by atoms with van der Waals surface area (Å²) in [5, 5.41) is 18.9. The van der Waals surface area contributed by atoms with Crippen molar-refractivity contribution < 1.29 is 38.6 Å². The Hall–Kier alpha value is -2.25. The van der Waals surface area contributed by atoms with Crippen LogP contribution in [0.2, 0.25) is 0 Å². The maximum Gasteiger partial charge on any atom is 0.309 e. The molecular weight excluding hydrogens is 546 g/mol. The lowest BCUT2D eigenvalue weighted by Crippen LogP contribution is -2.58. The molecule has 0 unspecified atom stereocenters. The van der Waals surface area contributed by atoms with Gasteiger partial charge in [0, 0.05) is 17.9 Å². The molecule has 0 aliphatic carbocycles. The van der Waals surface area contributed by atoms with Crippen molar-refractivity contribution in [2.45, 2.75) is 103 Å². The Morgan fingerprint density at radius 3 is 2.49 bits per heavy atom. The molecule has 1 fully saturated rings. The Labute approximate surface area is 237 Å². The maximum absolute atomic E-state index is 13.4. The zero-order valence-electron chi connectivity index (χ0n) is 23.2. The summed E-state index contributed by atoms with van der Waals surface area (Å²) < 4.78 is 10.8. The second kappa shape index (κ2) is 15.5. The van der Waals surface area contributed by atoms with E-state index in [2.05, 4.69) is 16.0 Å². The fraction of sp³-hybridized carbons (Fsp3) is 0.731. The molecule has 2 aliphatic heterocycles. The van der Waals surface area contributed by atoms with Crippen molar-refractivity contribution in [1.82, 2.24) is 16.0 Å². The second-order valence-electron chi connectivity index (χ2n) is 10.9. The Morgan fingerprint density at radius 1 is 1.10 bits per heavy atom. The molecule has 2 heterocycles. The number of aliphatic hydroxyl groups is 1. The Morgan fingerprint density at radius 2 is 1.82 bits per heavy atom. The molecule has 220 valence electrons. The minimum Gasteiger partial charge on any atom is -0.460 e. The number of carbonyl (C=O) groups is 5. The van der Waals surface area contributed by atoms with E-state index < -0.39 is 65.6 Å². The lowest BCUT2D eigenvalue weighted by Gasteiger charge is -2.29. The number of aliphatic hydroxyl groups excluding tert-OH is 1. The number of hydrogen-bond donors (Lipinski definition) is 4. The number of nitrogens with one attached hydrogen (secondary N) is 3. The number of rotatable bonds is 4. The molecule has 0 saturated carbocycles. The van der Waals surface area contributed by atoms with Crippen LogP contribution in [0.1, 0.15) is 66.7 Å². The third kappa shape index (κ3) is 12.2. The highest BCUT2D eigenvalue weighted by atomic mass is 33.1. The van der Waals surface area contributed by atoms with Gasteiger partial charge in [-0.15, -0.1) is 0 Å². The van der Waals surface area contributed by atoms with Crippen LogP contribution in [0.15, 0.2) is 12.2 Å². The number of amides is 3. The van der Waals surface area contributed by atoms with E-state index in [0.29, 0.717) is 12.2 Å². The Kier molecular flexibility index (Phi) is 13.1. The van der Waals surface area contributed by atoms with Crippen molar-refractivity contribution in [3.8, 4) is 0 Å². The van der Waals surface area contributed by atoms with Crippen molar-refractivity contribution in [2.24, 2.45) is 5.92 Å². The third-order valence-corrected chi connectivity index (χ3v) is 8.31. The summed E-state index contributed by atoms with van der Waals surface area (Å²) in [6, 6.07) is -2.91. The van der Waals surface area contributed by atoms with Gasteiger partial charge in [0.25, 0.3) is 0 Å². The minimum absolute atomic E-state index is 0.0592. The minimum atomic E-state index is -1.24. The summed E-state index contributed by atoms with van der Waals surface area (Å²) in [5.41, 5.74) is -0.713. The van der Waals surface area contributed by atoms with E-state index in [1.54, 1.807) is 40.7 Å². The van der Waals surface area contributed by atoms with Gasteiger partial charge in [-0.2, -0.15) is 0 Å². The predicted molar refractivity (Wildman–Crippen MR) is 150 cm³/mol. The molecule has 2 rings (SSSR count). The number of esters is 2. The van der Waals surface area contributed by atoms with Crippen molar-refractivity contribution in [1.29, 1.82) is 0 Å². The monoisotopic (exact) mass is 587 g/mol. The number of fused-ring (bicyclic) bond motifs is 7. The van der Waals surface area contributed by atoms with Crippen LogP contribution in [-0.4, -0.2) is 82.2 Å². The summed E-state index contributed by atoms with van der Waals surface area (Å²) in [5.74, 6) is -2.29. The number of allylic oxidation sites excluding steroid dienone is 1. The van der Waals surface area contributed by atoms with E-state index >= 15 is 0 Å². The number of carbonyl (C=O) groups excluding carboxylic acids is 5. The predicted octanol–water partition coefficient (Wildman–Crippen LogP) is 1.63. The normalized spacial score (nSPS) is 29.1. The molecule has 0 aromatic rings. The summed E-state index contributed by atoms with van der Waals surface area (Å²) in [6.07, 6.45) is 1.07. The average molecular weight is 588 g/mol. The Balaban J connectivity index is 2.42. The lowest BCUT2D eigenvalue weighted by molar-refractivity contribution is -0.155. The zero-order valence-corrected chi connectivity index (χ0v) is 24.8. The van der Waals surface area contributed by atoms with Gasteiger partial charge in [0.15, 0.2) is 0 Å². The molecule has 11 nitrogen and oxygen atoms in total. The molecule has 13 heteroatoms. The molecule has 3 amide bonds. The second-order valence-corrected chi connectivity index (χ2v) is 13.5. The van der Waals surface area contributed by atoms with E-state index in [0.717, 1.165) is 0 Å². The van der Waals surface area contributed by atoms with Crippen LogP contribution < -0.4 is 16.0 Å². The highest BCUT2D eigenvalue weighted by Crippen LogP contribution is 2.24. The highest BCUT2D eigenvalue weighted by molar-refractivity contribution is 8.76. The summed E-state index contributed by atoms with van der Waals surface area (Å²) in [6.45, 7) is 8.78. The van der Waals surface area contributed by atoms with E-state index in [1.807, 2.05) is 6.08 Å². The van der Waals surface area contributed by atoms with Crippen molar-refractivity contribution >= 4 is 51.2 Å². The first-order valence-corrected chi connectivity index (χ1v) is 15.6. The quantitative estimate of drug-likeness (QED) is 0.216. The van der Waals surface area contributed by atoms with Gasteiger partial charge in [0.05, 0.1) is 25.0 Å². The zero-order chi connectivity index (χ0) is 29.2. The van der Waals surface area contributed by atoms with Gasteiger partial charge < -0.3 is 30.5 Å². The summed E-state index contributed by atoms with van der Waals surface area (Å²) in [4.78, 5) is 64.6. The van der Waals surface area contributed by atoms with Gasteiger partial charge >= 0.3 is 11.9 Å². The summed E-state index contributed by atoms with van der Waals surface area (Å²) in [7, 11) is 2.93. The first kappa shape index (κ1) is 33.0. The SMILES string of the molecule is CC(C)[C@H]1NC(=O)[C@H]2CSSCC/C=C\[C@H](CC(=O)N[C@H](CCC(=O)OC(C)(C)C)C(=O)N2)OC(=O)C[C@@H]1O.